The quantitative estimate of drug-likeness (QED) is 0.434. The van der Waals surface area contributed by atoms with Crippen LogP contribution in [0.4, 0.5) is 5.69 Å². The van der Waals surface area contributed by atoms with Gasteiger partial charge in [0.1, 0.15) is 0 Å². The van der Waals surface area contributed by atoms with Crippen molar-refractivity contribution in [3.63, 3.8) is 0 Å². The van der Waals surface area contributed by atoms with Gasteiger partial charge >= 0.3 is 0 Å². The van der Waals surface area contributed by atoms with Crippen molar-refractivity contribution in [3.05, 3.63) is 94.0 Å². The molecule has 1 fully saturated rings. The lowest BCUT2D eigenvalue weighted by Gasteiger charge is -2.27. The molecule has 7 heteroatoms. The number of benzene rings is 3. The number of anilines is 1. The second-order valence-corrected chi connectivity index (χ2v) is 11.3. The number of carbonyl (C=O) groups excluding carboxylic acids is 1. The first-order valence-electron chi connectivity index (χ1n) is 12.5. The van der Waals surface area contributed by atoms with Crippen LogP contribution in [0.2, 0.25) is 0 Å². The van der Waals surface area contributed by atoms with Crippen LogP contribution in [-0.2, 0) is 23.1 Å². The summed E-state index contributed by atoms with van der Waals surface area (Å²) in [6.45, 7) is 9.13. The van der Waals surface area contributed by atoms with Gasteiger partial charge in [-0.05, 0) is 98.8 Å². The summed E-state index contributed by atoms with van der Waals surface area (Å²) in [6.07, 6.45) is 3.76. The number of nitrogens with zero attached hydrogens (tertiary/aromatic N) is 1. The van der Waals surface area contributed by atoms with E-state index in [1.54, 1.807) is 31.2 Å². The Labute approximate surface area is 214 Å². The molecule has 3 aromatic rings. The minimum absolute atomic E-state index is 0.0962. The maximum absolute atomic E-state index is 13.2. The summed E-state index contributed by atoms with van der Waals surface area (Å²) >= 11 is 0. The molecule has 2 N–H and O–H groups in total. The molecule has 0 aliphatic carbocycles. The molecule has 1 heterocycles. The van der Waals surface area contributed by atoms with Crippen LogP contribution >= 0.6 is 0 Å². The highest BCUT2D eigenvalue weighted by Crippen LogP contribution is 2.23. The van der Waals surface area contributed by atoms with E-state index in [0.29, 0.717) is 23.4 Å². The van der Waals surface area contributed by atoms with Crippen LogP contribution in [0.3, 0.4) is 0 Å². The van der Waals surface area contributed by atoms with Gasteiger partial charge in [0.25, 0.3) is 15.9 Å². The third kappa shape index (κ3) is 6.33. The Morgan fingerprint density at radius 1 is 0.833 bits per heavy atom. The molecule has 1 saturated heterocycles. The predicted molar refractivity (Wildman–Crippen MR) is 145 cm³/mol. The Morgan fingerprint density at radius 3 is 2.25 bits per heavy atom. The average Bonchev–Trinajstić information content (AvgIpc) is 2.86. The molecular weight excluding hydrogens is 470 g/mol. The molecule has 0 unspecified atom stereocenters. The fourth-order valence-electron chi connectivity index (χ4n) is 4.57. The van der Waals surface area contributed by atoms with Gasteiger partial charge < -0.3 is 5.32 Å². The molecule has 3 aromatic carbocycles. The number of hydrogen-bond donors (Lipinski definition) is 2. The lowest BCUT2D eigenvalue weighted by atomic mass is 10.0. The number of aryl methyl sites for hydroxylation is 3. The Hall–Kier alpha value is -3.16. The number of hydrogen-bond acceptors (Lipinski definition) is 4. The molecule has 6 nitrogen and oxygen atoms in total. The summed E-state index contributed by atoms with van der Waals surface area (Å²) in [5, 5.41) is 2.98. The normalized spacial score (nSPS) is 14.4. The Kier molecular flexibility index (Phi) is 8.11. The number of likely N-dealkylation sites (tertiary alicyclic amines) is 1. The molecule has 1 aliphatic heterocycles. The molecule has 0 radical (unpaired) electrons. The van der Waals surface area contributed by atoms with Gasteiger partial charge in [0.05, 0.1) is 4.90 Å². The van der Waals surface area contributed by atoms with E-state index in [1.165, 1.54) is 30.9 Å². The number of piperidine rings is 1. The molecule has 0 atom stereocenters. The van der Waals surface area contributed by atoms with Crippen LogP contribution in [0.25, 0.3) is 0 Å². The summed E-state index contributed by atoms with van der Waals surface area (Å²) in [5.41, 5.74) is 5.77. The zero-order valence-corrected chi connectivity index (χ0v) is 22.1. The van der Waals surface area contributed by atoms with E-state index in [9.17, 15) is 13.2 Å². The van der Waals surface area contributed by atoms with Crippen molar-refractivity contribution in [3.8, 4) is 0 Å². The molecule has 0 spiro atoms. The second-order valence-electron chi connectivity index (χ2n) is 9.67. The molecule has 0 bridgehead atoms. The van der Waals surface area contributed by atoms with Gasteiger partial charge in [-0.15, -0.1) is 0 Å². The molecular formula is C29H35N3O3S. The van der Waals surface area contributed by atoms with Crippen molar-refractivity contribution in [1.82, 2.24) is 10.2 Å². The summed E-state index contributed by atoms with van der Waals surface area (Å²) in [7, 11) is -3.86. The number of rotatable bonds is 8. The van der Waals surface area contributed by atoms with Crippen molar-refractivity contribution < 1.29 is 13.2 Å². The minimum Gasteiger partial charge on any atom is -0.348 e. The monoisotopic (exact) mass is 505 g/mol. The highest BCUT2D eigenvalue weighted by molar-refractivity contribution is 7.92. The smallest absolute Gasteiger partial charge is 0.262 e. The van der Waals surface area contributed by atoms with E-state index >= 15 is 0 Å². The second kappa shape index (κ2) is 11.3. The van der Waals surface area contributed by atoms with Crippen LogP contribution in [0.5, 0.6) is 0 Å². The van der Waals surface area contributed by atoms with Crippen molar-refractivity contribution in [1.29, 1.82) is 0 Å². The van der Waals surface area contributed by atoms with E-state index in [2.05, 4.69) is 21.0 Å². The van der Waals surface area contributed by atoms with Gasteiger partial charge in [0.2, 0.25) is 0 Å². The van der Waals surface area contributed by atoms with Crippen molar-refractivity contribution >= 4 is 21.6 Å². The fourth-order valence-corrected chi connectivity index (χ4v) is 5.89. The third-order valence-electron chi connectivity index (χ3n) is 6.90. The SMILES string of the molecule is Cc1ccc(NS(=O)(=O)c2cc(C(=O)NCc3ccccc3CN3CCCCC3)ccc2C)cc1C. The van der Waals surface area contributed by atoms with E-state index in [4.69, 9.17) is 0 Å². The molecule has 4 rings (SSSR count). The first-order chi connectivity index (χ1) is 17.2. The van der Waals surface area contributed by atoms with Crippen molar-refractivity contribution in [2.45, 2.75) is 58.0 Å². The molecule has 36 heavy (non-hydrogen) atoms. The van der Waals surface area contributed by atoms with Gasteiger partial charge in [-0.1, -0.05) is 42.8 Å². The minimum atomic E-state index is -3.86. The number of nitrogens with one attached hydrogen (secondary N) is 2. The first kappa shape index (κ1) is 25.9. The Balaban J connectivity index is 1.47. The molecule has 1 amide bonds. The van der Waals surface area contributed by atoms with E-state index < -0.39 is 10.0 Å². The fraction of sp³-hybridized carbons (Fsp3) is 0.345. The van der Waals surface area contributed by atoms with Crippen molar-refractivity contribution in [2.75, 3.05) is 17.8 Å². The van der Waals surface area contributed by atoms with Gasteiger partial charge in [-0.2, -0.15) is 0 Å². The number of amides is 1. The van der Waals surface area contributed by atoms with Crippen molar-refractivity contribution in [2.24, 2.45) is 0 Å². The summed E-state index contributed by atoms with van der Waals surface area (Å²) in [6, 6.07) is 18.4. The van der Waals surface area contributed by atoms with Gasteiger partial charge in [-0.3, -0.25) is 14.4 Å². The zero-order valence-electron chi connectivity index (χ0n) is 21.3. The number of sulfonamides is 1. The van der Waals surface area contributed by atoms with E-state index in [0.717, 1.165) is 36.3 Å². The maximum atomic E-state index is 13.2. The first-order valence-corrected chi connectivity index (χ1v) is 14.0. The van der Waals surface area contributed by atoms with Gasteiger partial charge in [0.15, 0.2) is 0 Å². The van der Waals surface area contributed by atoms with Gasteiger partial charge in [0, 0.05) is 24.3 Å². The van der Waals surface area contributed by atoms with Crippen LogP contribution < -0.4 is 10.0 Å². The Bertz CT molecular complexity index is 1350. The van der Waals surface area contributed by atoms with Gasteiger partial charge in [-0.25, -0.2) is 8.42 Å². The standard InChI is InChI=1S/C29H35N3O3S/c1-21-12-14-27(17-23(21)3)31-36(34,35)28-18-24(13-11-22(28)2)29(33)30-19-25-9-5-6-10-26(25)20-32-15-7-4-8-16-32/h5-6,9-14,17-18,31H,4,7-8,15-16,19-20H2,1-3H3,(H,30,33). The van der Waals surface area contributed by atoms with E-state index in [1.807, 2.05) is 38.1 Å². The zero-order chi connectivity index (χ0) is 25.7. The lowest BCUT2D eigenvalue weighted by Crippen LogP contribution is -2.30. The van der Waals surface area contributed by atoms with Crippen LogP contribution in [0.15, 0.2) is 65.6 Å². The number of carbonyl (C=O) groups is 1. The van der Waals surface area contributed by atoms with Crippen LogP contribution in [0.1, 0.15) is 57.4 Å². The molecule has 0 aromatic heterocycles. The largest absolute Gasteiger partial charge is 0.348 e. The predicted octanol–water partition coefficient (Wildman–Crippen LogP) is 5.33. The highest BCUT2D eigenvalue weighted by Gasteiger charge is 2.20. The Morgan fingerprint density at radius 2 is 1.53 bits per heavy atom. The summed E-state index contributed by atoms with van der Waals surface area (Å²) < 4.78 is 29.0. The van der Waals surface area contributed by atoms with E-state index in [-0.39, 0.29) is 10.8 Å². The molecule has 190 valence electrons. The summed E-state index contributed by atoms with van der Waals surface area (Å²) in [5.74, 6) is -0.301. The maximum Gasteiger partial charge on any atom is 0.262 e. The molecule has 1 aliphatic rings. The highest BCUT2D eigenvalue weighted by atomic mass is 32.2. The average molecular weight is 506 g/mol. The van der Waals surface area contributed by atoms with Crippen LogP contribution in [0, 0.1) is 20.8 Å². The topological polar surface area (TPSA) is 78.5 Å². The molecule has 0 saturated carbocycles. The van der Waals surface area contributed by atoms with Crippen LogP contribution in [-0.4, -0.2) is 32.3 Å². The summed E-state index contributed by atoms with van der Waals surface area (Å²) in [4.78, 5) is 15.6. The lowest BCUT2D eigenvalue weighted by molar-refractivity contribution is 0.0950. The third-order valence-corrected chi connectivity index (χ3v) is 8.42.